The van der Waals surface area contributed by atoms with E-state index in [9.17, 15) is 4.79 Å². The molecule has 3 heterocycles. The van der Waals surface area contributed by atoms with Crippen molar-refractivity contribution in [3.05, 3.63) is 173 Å². The van der Waals surface area contributed by atoms with Crippen LogP contribution in [0, 0.1) is 5.92 Å². The van der Waals surface area contributed by atoms with Gasteiger partial charge in [0.05, 0.1) is 40.4 Å². The van der Waals surface area contributed by atoms with E-state index in [0.29, 0.717) is 29.2 Å². The molecule has 1 saturated heterocycles. The maximum absolute atomic E-state index is 15.7. The lowest BCUT2D eigenvalue weighted by Gasteiger charge is -2.42. The Balaban J connectivity index is 1.33. The van der Waals surface area contributed by atoms with Gasteiger partial charge in [-0.15, -0.1) is 0 Å². The summed E-state index contributed by atoms with van der Waals surface area (Å²) in [5.41, 5.74) is 6.53. The van der Waals surface area contributed by atoms with Crippen LogP contribution in [0.25, 0.3) is 11.2 Å². The average Bonchev–Trinajstić information content (AvgIpc) is 4.09. The first-order valence-electron chi connectivity index (χ1n) is 26.2. The second-order valence-corrected chi connectivity index (χ2v) is 25.9. The Labute approximate surface area is 454 Å². The number of benzene rings is 5. The van der Waals surface area contributed by atoms with E-state index in [1.165, 1.54) is 16.7 Å². The van der Waals surface area contributed by atoms with Crippen molar-refractivity contribution in [2.75, 3.05) is 46.9 Å². The lowest BCUT2D eigenvalue weighted by atomic mass is 9.79. The molecule has 1 aliphatic heterocycles. The summed E-state index contributed by atoms with van der Waals surface area (Å²) in [6.45, 7) is 15.2. The van der Waals surface area contributed by atoms with Gasteiger partial charge in [-0.2, -0.15) is 4.98 Å². The molecular weight excluding hydrogens is 1010 g/mol. The number of nitrogens with two attached hydrogens (primary N) is 1. The number of Topliss-reactive ketones (excluding diaryl/α,β-unsaturated/α-hetero) is 1. The fourth-order valence-corrected chi connectivity index (χ4v) is 15.5. The molecule has 7 aromatic rings. The number of methoxy groups -OCH3 is 3. The van der Waals surface area contributed by atoms with Gasteiger partial charge >= 0.3 is 0 Å². The van der Waals surface area contributed by atoms with Crippen molar-refractivity contribution in [2.45, 2.75) is 102 Å². The van der Waals surface area contributed by atoms with Crippen LogP contribution in [0.1, 0.15) is 64.5 Å². The topological polar surface area (TPSA) is 184 Å². The minimum Gasteiger partial charge on any atom is -0.497 e. The van der Waals surface area contributed by atoms with Crippen molar-refractivity contribution in [1.82, 2.24) is 24.2 Å². The summed E-state index contributed by atoms with van der Waals surface area (Å²) in [4.78, 5) is 40.7. The van der Waals surface area contributed by atoms with Crippen LogP contribution in [-0.4, -0.2) is 116 Å². The normalized spacial score (nSPS) is 17.9. The predicted molar refractivity (Wildman–Crippen MR) is 304 cm³/mol. The zero-order chi connectivity index (χ0) is 54.9. The molecule has 1 aliphatic rings. The number of aromatic amines is 1. The molecule has 18 heteroatoms. The van der Waals surface area contributed by atoms with E-state index in [2.05, 4.69) is 102 Å². The highest BCUT2D eigenvalue weighted by atomic mass is 31.2. The summed E-state index contributed by atoms with van der Waals surface area (Å²) >= 11 is 0. The third kappa shape index (κ3) is 12.3. The molecule has 0 amide bonds. The Morgan fingerprint density at radius 1 is 0.753 bits per heavy atom. The number of imidazole rings is 1. The van der Waals surface area contributed by atoms with E-state index < -0.39 is 64.3 Å². The van der Waals surface area contributed by atoms with E-state index in [1.807, 2.05) is 105 Å². The minimum absolute atomic E-state index is 0.0351. The summed E-state index contributed by atoms with van der Waals surface area (Å²) < 4.78 is 57.8. The van der Waals surface area contributed by atoms with Gasteiger partial charge in [0, 0.05) is 25.1 Å². The van der Waals surface area contributed by atoms with Gasteiger partial charge in [-0.25, -0.2) is 9.65 Å². The maximum Gasteiger partial charge on any atom is 0.280 e. The summed E-state index contributed by atoms with van der Waals surface area (Å²) in [5.74, 6) is 0.310. The number of nitrogens with zero attached hydrogens (tertiary/aromatic N) is 4. The van der Waals surface area contributed by atoms with Crippen LogP contribution >= 0.6 is 8.53 Å². The standard InChI is InChI=1S/C59H73N6O10PSi/c1-39(2)50(66)51(74-59(42-20-14-11-15-21-42,43-26-30-45(69-8)31-27-43)44-28-32-46(70-9)33-29-44)52-53(54(71-35-34-68-7)57(73-52)64-38-61-49-55(64)62-58(60)63-56(49)67)75-76(65(40(3)4)41(5)6)72-36-37-77(10,47-22-16-12-17-23-47)48-24-18-13-19-25-48/h11-33,38-41,51-54,57H,34-37H2,1-10H3,(H3,60,62,63,67)/t51?,52-,53-,54-,57-,76?/m1/s1. The van der Waals surface area contributed by atoms with Crippen molar-refractivity contribution < 1.29 is 42.3 Å². The maximum atomic E-state index is 15.7. The second-order valence-electron chi connectivity index (χ2n) is 20.2. The highest BCUT2D eigenvalue weighted by Crippen LogP contribution is 2.53. The van der Waals surface area contributed by atoms with Crippen molar-refractivity contribution >= 4 is 49.9 Å². The van der Waals surface area contributed by atoms with Crippen LogP contribution in [-0.2, 0) is 38.4 Å². The molecule has 0 spiro atoms. The van der Waals surface area contributed by atoms with Gasteiger partial charge in [0.25, 0.3) is 14.1 Å². The van der Waals surface area contributed by atoms with Crippen LogP contribution in [0.3, 0.4) is 0 Å². The number of ketones is 1. The largest absolute Gasteiger partial charge is 0.497 e. The van der Waals surface area contributed by atoms with Crippen molar-refractivity contribution in [3.63, 3.8) is 0 Å². The van der Waals surface area contributed by atoms with E-state index in [0.717, 1.165) is 11.6 Å². The Morgan fingerprint density at radius 2 is 1.29 bits per heavy atom. The first-order valence-corrected chi connectivity index (χ1v) is 30.0. The molecule has 2 unspecified atom stereocenters. The highest BCUT2D eigenvalue weighted by Gasteiger charge is 2.57. The third-order valence-corrected chi connectivity index (χ3v) is 20.8. The Hall–Kier alpha value is -6.11. The molecule has 0 radical (unpaired) electrons. The van der Waals surface area contributed by atoms with Gasteiger partial charge in [-0.1, -0.05) is 146 Å². The first kappa shape index (κ1) is 57.1. The number of rotatable bonds is 26. The van der Waals surface area contributed by atoms with Crippen LogP contribution in [0.2, 0.25) is 12.6 Å². The molecule has 2 aromatic heterocycles. The van der Waals surface area contributed by atoms with Gasteiger partial charge in [0.1, 0.15) is 49.6 Å². The Morgan fingerprint density at radius 3 is 1.79 bits per heavy atom. The highest BCUT2D eigenvalue weighted by molar-refractivity contribution is 7.44. The number of carbonyl (C=O) groups excluding carboxylic acids is 1. The van der Waals surface area contributed by atoms with E-state index in [-0.39, 0.29) is 48.2 Å². The fourth-order valence-electron chi connectivity index (χ4n) is 10.3. The molecule has 0 saturated carbocycles. The minimum atomic E-state index is -2.40. The van der Waals surface area contributed by atoms with Gasteiger partial charge in [-0.3, -0.25) is 19.1 Å². The lowest BCUT2D eigenvalue weighted by molar-refractivity contribution is -0.167. The third-order valence-electron chi connectivity index (χ3n) is 14.3. The number of nitrogen functional groups attached to an aromatic ring is 1. The average molecular weight is 1090 g/mol. The molecule has 408 valence electrons. The van der Waals surface area contributed by atoms with Gasteiger partial charge in [0.15, 0.2) is 23.2 Å². The molecule has 6 atom stereocenters. The number of nitrogens with one attached hydrogen (secondary N) is 1. The van der Waals surface area contributed by atoms with Crippen molar-refractivity contribution in [2.24, 2.45) is 5.92 Å². The van der Waals surface area contributed by atoms with Crippen LogP contribution in [0.4, 0.5) is 5.95 Å². The predicted octanol–water partition coefficient (Wildman–Crippen LogP) is 8.89. The summed E-state index contributed by atoms with van der Waals surface area (Å²) in [6.07, 6.45) is -4.36. The number of hydrogen-bond acceptors (Lipinski definition) is 14. The molecule has 0 bridgehead atoms. The SMILES string of the molecule is COCCO[C@@H]1[C@H](OP(OCC[Si](C)(c2ccccc2)c2ccccc2)N(C(C)C)C(C)C)[C@@H](C(OC(c2ccccc2)(c2ccc(OC)cc2)c2ccc(OC)cc2)C(=O)C(C)C)O[C@H]1n1cnc2c(=O)[nH]c(N)nc21. The van der Waals surface area contributed by atoms with Crippen LogP contribution < -0.4 is 31.1 Å². The summed E-state index contributed by atoms with van der Waals surface area (Å²) in [5, 5.41) is 2.57. The summed E-state index contributed by atoms with van der Waals surface area (Å²) in [7, 11) is 0.443. The quantitative estimate of drug-likeness (QED) is 0.0227. The van der Waals surface area contributed by atoms with Crippen LogP contribution in [0.5, 0.6) is 11.5 Å². The number of fused-ring (bicyclic) bond motifs is 1. The second kappa shape index (κ2) is 25.6. The summed E-state index contributed by atoms with van der Waals surface area (Å²) in [6, 6.07) is 47.0. The van der Waals surface area contributed by atoms with Gasteiger partial charge < -0.3 is 43.2 Å². The van der Waals surface area contributed by atoms with Gasteiger partial charge in [0.2, 0.25) is 5.95 Å². The number of carbonyl (C=O) groups is 1. The molecule has 0 aliphatic carbocycles. The molecule has 3 N–H and O–H groups in total. The molecule has 8 rings (SSSR count). The monoisotopic (exact) mass is 1080 g/mol. The number of H-pyrrole nitrogens is 1. The van der Waals surface area contributed by atoms with E-state index in [4.69, 9.17) is 43.2 Å². The van der Waals surface area contributed by atoms with E-state index >= 15 is 4.79 Å². The Bertz CT molecular complexity index is 2950. The van der Waals surface area contributed by atoms with Crippen molar-refractivity contribution in [3.8, 4) is 11.5 Å². The molecule has 5 aromatic carbocycles. The number of anilines is 1. The Kier molecular flexibility index (Phi) is 19.0. The molecular formula is C59H73N6O10PSi. The van der Waals surface area contributed by atoms with Gasteiger partial charge in [-0.05, 0) is 74.7 Å². The number of hydrogen-bond donors (Lipinski definition) is 2. The van der Waals surface area contributed by atoms with E-state index in [1.54, 1.807) is 25.9 Å². The fraction of sp³-hybridized carbons (Fsp3) is 0.390. The molecule has 16 nitrogen and oxygen atoms in total. The zero-order valence-corrected chi connectivity index (χ0v) is 47.6. The number of ether oxygens (including phenoxy) is 6. The van der Waals surface area contributed by atoms with Crippen molar-refractivity contribution in [1.29, 1.82) is 0 Å². The van der Waals surface area contributed by atoms with Crippen LogP contribution in [0.15, 0.2) is 151 Å². The lowest BCUT2D eigenvalue weighted by Crippen LogP contribution is -2.56. The zero-order valence-electron chi connectivity index (χ0n) is 45.7. The smallest absolute Gasteiger partial charge is 0.280 e. The number of aromatic nitrogens is 4. The first-order chi connectivity index (χ1) is 37.1. The molecule has 77 heavy (non-hydrogen) atoms. The molecule has 1 fully saturated rings.